The van der Waals surface area contributed by atoms with Crippen LogP contribution in [-0.2, 0) is 16.7 Å². The zero-order valence-corrected chi connectivity index (χ0v) is 21.1. The Morgan fingerprint density at radius 1 is 0.949 bits per heavy atom. The van der Waals surface area contributed by atoms with Crippen LogP contribution in [0.25, 0.3) is 11.5 Å². The Hall–Kier alpha value is -4.49. The third-order valence-corrected chi connectivity index (χ3v) is 6.50. The topological polar surface area (TPSA) is 92.4 Å². The summed E-state index contributed by atoms with van der Waals surface area (Å²) in [6, 6.07) is 21.2. The number of benzene rings is 3. The molecule has 2 N–H and O–H groups in total. The number of thioether (sulfide) groups is 1. The second-order valence-electron chi connectivity index (χ2n) is 8.25. The Bertz CT molecular complexity index is 1490. The molecule has 0 saturated heterocycles. The number of hydrogen-bond acceptors (Lipinski definition) is 5. The first-order chi connectivity index (χ1) is 18.7. The van der Waals surface area contributed by atoms with Gasteiger partial charge < -0.3 is 14.8 Å². The van der Waals surface area contributed by atoms with Crippen LogP contribution < -0.4 is 5.32 Å². The predicted octanol–water partition coefficient (Wildman–Crippen LogP) is 5.88. The summed E-state index contributed by atoms with van der Waals surface area (Å²) >= 11 is 1.34. The van der Waals surface area contributed by atoms with Crippen molar-refractivity contribution in [2.75, 3.05) is 5.75 Å². The highest BCUT2D eigenvalue weighted by Gasteiger charge is 2.30. The van der Waals surface area contributed by atoms with Crippen LogP contribution >= 0.6 is 11.8 Å². The van der Waals surface area contributed by atoms with Crippen molar-refractivity contribution in [2.24, 2.45) is 0 Å². The molecule has 0 saturated carbocycles. The summed E-state index contributed by atoms with van der Waals surface area (Å²) in [6.07, 6.45) is -4.52. The molecule has 0 aliphatic rings. The molecule has 0 unspecified atom stereocenters. The smallest absolute Gasteiger partial charge is 0.416 e. The fraction of sp³-hybridized carbons (Fsp3) is 0.138. The van der Waals surface area contributed by atoms with E-state index >= 15 is 0 Å². The Morgan fingerprint density at radius 3 is 2.21 bits per heavy atom. The molecular formula is C29H21F3N2O4S. The largest absolute Gasteiger partial charge is 0.480 e. The number of alkyl halides is 3. The summed E-state index contributed by atoms with van der Waals surface area (Å²) in [5.41, 5.74) is 0.703. The maximum absolute atomic E-state index is 13.1. The van der Waals surface area contributed by atoms with Gasteiger partial charge in [-0.3, -0.25) is 4.79 Å². The van der Waals surface area contributed by atoms with E-state index < -0.39 is 29.7 Å². The molecule has 0 aliphatic heterocycles. The van der Waals surface area contributed by atoms with Crippen LogP contribution in [0.15, 0.2) is 89.3 Å². The van der Waals surface area contributed by atoms with Gasteiger partial charge in [-0.05, 0) is 47.9 Å². The number of halogens is 3. The average Bonchev–Trinajstić information content (AvgIpc) is 3.36. The lowest BCUT2D eigenvalue weighted by molar-refractivity contribution is -0.139. The highest BCUT2D eigenvalue weighted by atomic mass is 32.2. The maximum atomic E-state index is 13.1. The van der Waals surface area contributed by atoms with Gasteiger partial charge in [-0.25, -0.2) is 9.78 Å². The van der Waals surface area contributed by atoms with E-state index in [4.69, 9.17) is 4.42 Å². The first kappa shape index (κ1) is 27.5. The van der Waals surface area contributed by atoms with Crippen molar-refractivity contribution in [2.45, 2.75) is 18.0 Å². The molecule has 6 nitrogen and oxygen atoms in total. The van der Waals surface area contributed by atoms with Crippen LogP contribution in [0.1, 0.15) is 32.9 Å². The standard InChI is InChI=1S/C29H21F3N2O4S/c30-29(31,32)22-14-12-21(13-15-22)27-34-25(24(38-27)16-11-19-7-3-1-4-8-19)26(35)33-23(28(36)37)18-39-17-20-9-5-2-6-10-20/h1-10,12-15,23H,17-18H2,(H,33,35)(H,36,37)/t23-/m0/s1. The van der Waals surface area contributed by atoms with Gasteiger partial charge in [-0.15, -0.1) is 0 Å². The minimum atomic E-state index is -4.52. The van der Waals surface area contributed by atoms with Crippen LogP contribution in [0.4, 0.5) is 13.2 Å². The first-order valence-corrected chi connectivity index (χ1v) is 12.8. The molecule has 3 aromatic carbocycles. The summed E-state index contributed by atoms with van der Waals surface area (Å²) < 4.78 is 44.6. The molecule has 0 spiro atoms. The molecule has 4 rings (SSSR count). The van der Waals surface area contributed by atoms with Gasteiger partial charge in [0.1, 0.15) is 6.04 Å². The number of hydrogen-bond donors (Lipinski definition) is 2. The third-order valence-electron chi connectivity index (χ3n) is 5.40. The van der Waals surface area contributed by atoms with E-state index in [1.165, 1.54) is 23.9 Å². The summed E-state index contributed by atoms with van der Waals surface area (Å²) in [5.74, 6) is 3.88. The number of carboxylic acids is 1. The molecule has 1 aromatic heterocycles. The second-order valence-corrected chi connectivity index (χ2v) is 9.28. The Labute approximate surface area is 226 Å². The van der Waals surface area contributed by atoms with Crippen LogP contribution in [0.3, 0.4) is 0 Å². The van der Waals surface area contributed by atoms with Crippen molar-refractivity contribution in [1.82, 2.24) is 10.3 Å². The third kappa shape index (κ3) is 7.52. The average molecular weight is 551 g/mol. The van der Waals surface area contributed by atoms with Gasteiger partial charge in [-0.2, -0.15) is 24.9 Å². The van der Waals surface area contributed by atoms with Crippen LogP contribution in [-0.4, -0.2) is 33.8 Å². The number of aliphatic carboxylic acids is 1. The van der Waals surface area contributed by atoms with Crippen molar-refractivity contribution in [3.63, 3.8) is 0 Å². The van der Waals surface area contributed by atoms with Gasteiger partial charge in [0.05, 0.1) is 5.56 Å². The lowest BCUT2D eigenvalue weighted by Gasteiger charge is -2.13. The van der Waals surface area contributed by atoms with E-state index in [0.717, 1.165) is 17.7 Å². The number of rotatable bonds is 8. The Balaban J connectivity index is 1.58. The maximum Gasteiger partial charge on any atom is 0.416 e. The molecule has 0 aliphatic carbocycles. The quantitative estimate of drug-likeness (QED) is 0.267. The summed E-state index contributed by atoms with van der Waals surface area (Å²) in [4.78, 5) is 29.1. The lowest BCUT2D eigenvalue weighted by Crippen LogP contribution is -2.43. The molecular weight excluding hydrogens is 529 g/mol. The molecule has 198 valence electrons. The van der Waals surface area contributed by atoms with Gasteiger partial charge >= 0.3 is 12.1 Å². The summed E-state index contributed by atoms with van der Waals surface area (Å²) in [6.45, 7) is 0. The van der Waals surface area contributed by atoms with E-state index in [1.54, 1.807) is 24.3 Å². The number of nitrogens with one attached hydrogen (secondary N) is 1. The molecule has 1 atom stereocenters. The summed E-state index contributed by atoms with van der Waals surface area (Å²) in [5, 5.41) is 12.1. The highest BCUT2D eigenvalue weighted by Crippen LogP contribution is 2.31. The van der Waals surface area contributed by atoms with Crippen molar-refractivity contribution in [3.05, 3.63) is 113 Å². The highest BCUT2D eigenvalue weighted by molar-refractivity contribution is 7.98. The zero-order chi connectivity index (χ0) is 27.8. The first-order valence-electron chi connectivity index (χ1n) is 11.6. The summed E-state index contributed by atoms with van der Waals surface area (Å²) in [7, 11) is 0. The van der Waals surface area contributed by atoms with E-state index in [-0.39, 0.29) is 28.7 Å². The van der Waals surface area contributed by atoms with Gasteiger partial charge in [0, 0.05) is 22.6 Å². The van der Waals surface area contributed by atoms with Gasteiger partial charge in [0.25, 0.3) is 5.91 Å². The Morgan fingerprint density at radius 2 is 1.59 bits per heavy atom. The molecule has 1 heterocycles. The number of aromatic nitrogens is 1. The van der Waals surface area contributed by atoms with E-state index in [2.05, 4.69) is 22.1 Å². The molecule has 39 heavy (non-hydrogen) atoms. The fourth-order valence-corrected chi connectivity index (χ4v) is 4.41. The molecule has 4 aromatic rings. The van der Waals surface area contributed by atoms with Crippen LogP contribution in [0.2, 0.25) is 0 Å². The zero-order valence-electron chi connectivity index (χ0n) is 20.2. The van der Waals surface area contributed by atoms with E-state index in [0.29, 0.717) is 11.3 Å². The number of amides is 1. The minimum absolute atomic E-state index is 0.0879. The van der Waals surface area contributed by atoms with Crippen LogP contribution in [0.5, 0.6) is 0 Å². The molecule has 1 amide bonds. The van der Waals surface area contributed by atoms with E-state index in [9.17, 15) is 27.9 Å². The molecule has 10 heteroatoms. The number of carboxylic acid groups (broad SMARTS) is 1. The van der Waals surface area contributed by atoms with Gasteiger partial charge in [0.15, 0.2) is 5.69 Å². The van der Waals surface area contributed by atoms with Gasteiger partial charge in [0.2, 0.25) is 11.7 Å². The fourth-order valence-electron chi connectivity index (χ4n) is 3.40. The number of nitrogens with zero attached hydrogens (tertiary/aromatic N) is 1. The molecule has 0 bridgehead atoms. The monoisotopic (exact) mass is 550 g/mol. The van der Waals surface area contributed by atoms with Crippen LogP contribution in [0, 0.1) is 11.8 Å². The van der Waals surface area contributed by atoms with Crippen molar-refractivity contribution in [1.29, 1.82) is 0 Å². The number of carbonyl (C=O) groups is 2. The van der Waals surface area contributed by atoms with Crippen molar-refractivity contribution >= 4 is 23.6 Å². The van der Waals surface area contributed by atoms with Crippen molar-refractivity contribution < 1.29 is 32.3 Å². The molecule has 0 fully saturated rings. The van der Waals surface area contributed by atoms with E-state index in [1.807, 2.05) is 36.4 Å². The molecule has 0 radical (unpaired) electrons. The normalized spacial score (nSPS) is 11.8. The Kier molecular flexibility index (Phi) is 8.74. The number of carbonyl (C=O) groups excluding carboxylic acids is 1. The second kappa shape index (κ2) is 12.4. The SMILES string of the molecule is O=C(N[C@@H](CSCc1ccccc1)C(=O)O)c1nc(-c2ccc(C(F)(F)F)cc2)oc1C#Cc1ccccc1. The van der Waals surface area contributed by atoms with Gasteiger partial charge in [-0.1, -0.05) is 54.5 Å². The number of oxazole rings is 1. The minimum Gasteiger partial charge on any atom is -0.480 e. The van der Waals surface area contributed by atoms with Crippen molar-refractivity contribution in [3.8, 4) is 23.3 Å². The lowest BCUT2D eigenvalue weighted by atomic mass is 10.1. The predicted molar refractivity (Wildman–Crippen MR) is 141 cm³/mol.